The van der Waals surface area contributed by atoms with Gasteiger partial charge >= 0.3 is 5.97 Å². The molecule has 37 heavy (non-hydrogen) atoms. The topological polar surface area (TPSA) is 48.0 Å². The van der Waals surface area contributed by atoms with E-state index < -0.39 is 23.2 Å². The molecule has 0 radical (unpaired) electrons. The lowest BCUT2D eigenvalue weighted by Crippen LogP contribution is -2.24. The third kappa shape index (κ3) is 6.59. The monoisotopic (exact) mass is 509 g/mol. The number of hydrogen-bond acceptors (Lipinski definition) is 5. The molecule has 0 atom stereocenters. The molecule has 1 saturated carbocycles. The molecule has 0 amide bonds. The molecule has 7 heteroatoms. The van der Waals surface area contributed by atoms with E-state index in [1.165, 1.54) is 18.2 Å². The van der Waals surface area contributed by atoms with Crippen LogP contribution in [0.15, 0.2) is 60.7 Å². The second-order valence-corrected chi connectivity index (χ2v) is 10.2. The average molecular weight is 510 g/mol. The number of hydrogen-bond donors (Lipinski definition) is 0. The van der Waals surface area contributed by atoms with Crippen LogP contribution in [0.4, 0.5) is 20.2 Å². The zero-order valence-corrected chi connectivity index (χ0v) is 21.7. The zero-order valence-electron chi connectivity index (χ0n) is 21.7. The first-order valence-electron chi connectivity index (χ1n) is 12.5. The Kier molecular flexibility index (Phi) is 8.00. The first-order valence-corrected chi connectivity index (χ1v) is 12.5. The van der Waals surface area contributed by atoms with E-state index in [0.717, 1.165) is 25.7 Å². The second kappa shape index (κ2) is 11.2. The summed E-state index contributed by atoms with van der Waals surface area (Å²) in [4.78, 5) is 14.5. The van der Waals surface area contributed by atoms with Crippen molar-refractivity contribution >= 4 is 17.3 Å². The number of anilines is 2. The van der Waals surface area contributed by atoms with Gasteiger partial charge in [0.15, 0.2) is 11.5 Å². The molecule has 3 aromatic rings. The van der Waals surface area contributed by atoms with Gasteiger partial charge < -0.3 is 19.1 Å². The van der Waals surface area contributed by atoms with Crippen molar-refractivity contribution in [2.75, 3.05) is 12.0 Å². The Bertz CT molecular complexity index is 1230. The van der Waals surface area contributed by atoms with Crippen LogP contribution in [-0.2, 0) is 11.3 Å². The minimum Gasteiger partial charge on any atom is -0.493 e. The molecule has 0 heterocycles. The maximum Gasteiger partial charge on any atom is 0.338 e. The van der Waals surface area contributed by atoms with Crippen molar-refractivity contribution in [3.05, 3.63) is 83.4 Å². The van der Waals surface area contributed by atoms with E-state index in [0.29, 0.717) is 28.4 Å². The Hall–Kier alpha value is -3.61. The number of esters is 1. The highest BCUT2D eigenvalue weighted by Gasteiger charge is 2.23. The number of carbonyl (C=O) groups excluding carboxylic acids is 1. The van der Waals surface area contributed by atoms with Gasteiger partial charge in [0.1, 0.15) is 17.2 Å². The van der Waals surface area contributed by atoms with Crippen molar-refractivity contribution in [1.29, 1.82) is 0 Å². The smallest absolute Gasteiger partial charge is 0.338 e. The third-order valence-electron chi connectivity index (χ3n) is 6.23. The van der Waals surface area contributed by atoms with Gasteiger partial charge in [0.2, 0.25) is 0 Å². The predicted octanol–water partition coefficient (Wildman–Crippen LogP) is 7.59. The number of rotatable bonds is 8. The van der Waals surface area contributed by atoms with Gasteiger partial charge in [0.05, 0.1) is 25.3 Å². The fourth-order valence-electron chi connectivity index (χ4n) is 4.42. The highest BCUT2D eigenvalue weighted by atomic mass is 19.1. The molecule has 3 aromatic carbocycles. The molecule has 0 unspecified atom stereocenters. The van der Waals surface area contributed by atoms with Crippen molar-refractivity contribution in [3.63, 3.8) is 0 Å². The molecular formula is C30H33F2NO4. The lowest BCUT2D eigenvalue weighted by atomic mass is 10.1. The van der Waals surface area contributed by atoms with E-state index in [-0.39, 0.29) is 18.2 Å². The SMILES string of the molecule is COc1ccc(N(Cc2c(F)cccc2F)c2cccc(C(=O)OC(C)(C)C)c2)cc1OC1CCCC1. The molecule has 0 saturated heterocycles. The quantitative estimate of drug-likeness (QED) is 0.293. The maximum absolute atomic E-state index is 14.7. The molecule has 0 N–H and O–H groups in total. The first kappa shape index (κ1) is 26.5. The van der Waals surface area contributed by atoms with Gasteiger partial charge in [-0.2, -0.15) is 0 Å². The number of halogens is 2. The van der Waals surface area contributed by atoms with Crippen molar-refractivity contribution in [1.82, 2.24) is 0 Å². The molecule has 1 aliphatic rings. The standard InChI is InChI=1S/C30H33F2NO4/c1-30(2,3)37-29(34)20-9-7-10-21(17-20)33(19-24-25(31)13-8-14-26(24)32)22-15-16-27(35-4)28(18-22)36-23-11-5-6-12-23/h7-10,13-18,23H,5-6,11-12,19H2,1-4H3. The highest BCUT2D eigenvalue weighted by molar-refractivity contribution is 5.91. The lowest BCUT2D eigenvalue weighted by molar-refractivity contribution is 0.00695. The molecule has 0 aliphatic heterocycles. The summed E-state index contributed by atoms with van der Waals surface area (Å²) in [5.41, 5.74) is 0.799. The van der Waals surface area contributed by atoms with Gasteiger partial charge in [-0.15, -0.1) is 0 Å². The Morgan fingerprint density at radius 2 is 1.57 bits per heavy atom. The Labute approximate surface area is 217 Å². The number of methoxy groups -OCH3 is 1. The summed E-state index contributed by atoms with van der Waals surface area (Å²) in [5.74, 6) is -0.635. The van der Waals surface area contributed by atoms with Gasteiger partial charge in [-0.05, 0) is 88.9 Å². The normalized spacial score (nSPS) is 13.9. The number of ether oxygens (including phenoxy) is 3. The number of carbonyl (C=O) groups is 1. The van der Waals surface area contributed by atoms with Crippen LogP contribution in [0.25, 0.3) is 0 Å². The summed E-state index contributed by atoms with van der Waals surface area (Å²) in [6, 6.07) is 16.0. The van der Waals surface area contributed by atoms with Gasteiger partial charge in [0.25, 0.3) is 0 Å². The lowest BCUT2D eigenvalue weighted by Gasteiger charge is -2.27. The minimum absolute atomic E-state index is 0.0840. The maximum atomic E-state index is 14.7. The fourth-order valence-corrected chi connectivity index (χ4v) is 4.42. The van der Waals surface area contributed by atoms with Crippen LogP contribution in [0, 0.1) is 11.6 Å². The summed E-state index contributed by atoms with van der Waals surface area (Å²) < 4.78 is 46.8. The molecule has 0 aromatic heterocycles. The average Bonchev–Trinajstić information content (AvgIpc) is 3.36. The Morgan fingerprint density at radius 3 is 2.22 bits per heavy atom. The predicted molar refractivity (Wildman–Crippen MR) is 140 cm³/mol. The van der Waals surface area contributed by atoms with Crippen LogP contribution >= 0.6 is 0 Å². The molecule has 0 bridgehead atoms. The Morgan fingerprint density at radius 1 is 0.919 bits per heavy atom. The number of benzene rings is 3. The van der Waals surface area contributed by atoms with E-state index in [9.17, 15) is 13.6 Å². The van der Waals surface area contributed by atoms with Crippen LogP contribution in [-0.4, -0.2) is 24.8 Å². The van der Waals surface area contributed by atoms with E-state index in [1.54, 1.807) is 69.2 Å². The van der Waals surface area contributed by atoms with Crippen molar-refractivity contribution in [2.45, 2.75) is 64.7 Å². The molecule has 1 aliphatic carbocycles. The summed E-state index contributed by atoms with van der Waals surface area (Å²) in [6.07, 6.45) is 4.26. The van der Waals surface area contributed by atoms with Crippen molar-refractivity contribution in [3.8, 4) is 11.5 Å². The third-order valence-corrected chi connectivity index (χ3v) is 6.23. The van der Waals surface area contributed by atoms with Crippen LogP contribution in [0.2, 0.25) is 0 Å². The van der Waals surface area contributed by atoms with Gasteiger partial charge in [-0.25, -0.2) is 13.6 Å². The largest absolute Gasteiger partial charge is 0.493 e. The van der Waals surface area contributed by atoms with Crippen LogP contribution in [0.5, 0.6) is 11.5 Å². The molecule has 5 nitrogen and oxygen atoms in total. The summed E-state index contributed by atoms with van der Waals surface area (Å²) in [7, 11) is 1.58. The Balaban J connectivity index is 1.77. The van der Waals surface area contributed by atoms with Crippen LogP contribution in [0.1, 0.15) is 62.4 Å². The highest BCUT2D eigenvalue weighted by Crippen LogP contribution is 2.38. The van der Waals surface area contributed by atoms with Crippen LogP contribution in [0.3, 0.4) is 0 Å². The van der Waals surface area contributed by atoms with E-state index >= 15 is 0 Å². The summed E-state index contributed by atoms with van der Waals surface area (Å²) >= 11 is 0. The van der Waals surface area contributed by atoms with Crippen LogP contribution < -0.4 is 14.4 Å². The fraction of sp³-hybridized carbons (Fsp3) is 0.367. The van der Waals surface area contributed by atoms with E-state index in [4.69, 9.17) is 14.2 Å². The van der Waals surface area contributed by atoms with E-state index in [2.05, 4.69) is 0 Å². The minimum atomic E-state index is -0.661. The van der Waals surface area contributed by atoms with Gasteiger partial charge in [0, 0.05) is 23.0 Å². The molecule has 0 spiro atoms. The second-order valence-electron chi connectivity index (χ2n) is 10.2. The summed E-state index contributed by atoms with van der Waals surface area (Å²) in [6.45, 7) is 5.28. The molecular weight excluding hydrogens is 476 g/mol. The number of nitrogens with zero attached hydrogens (tertiary/aromatic N) is 1. The van der Waals surface area contributed by atoms with E-state index in [1.807, 2.05) is 6.07 Å². The van der Waals surface area contributed by atoms with Crippen molar-refractivity contribution < 1.29 is 27.8 Å². The zero-order chi connectivity index (χ0) is 26.6. The first-order chi connectivity index (χ1) is 17.6. The molecule has 1 fully saturated rings. The van der Waals surface area contributed by atoms with Crippen molar-refractivity contribution in [2.24, 2.45) is 0 Å². The van der Waals surface area contributed by atoms with Gasteiger partial charge in [-0.1, -0.05) is 12.1 Å². The molecule has 196 valence electrons. The van der Waals surface area contributed by atoms with Gasteiger partial charge in [-0.3, -0.25) is 0 Å². The molecule has 4 rings (SSSR count). The summed E-state index contributed by atoms with van der Waals surface area (Å²) in [5, 5.41) is 0.